The molecule has 6 rings (SSSR count). The van der Waals surface area contributed by atoms with Crippen LogP contribution in [0.1, 0.15) is 20.8 Å². The predicted molar refractivity (Wildman–Crippen MR) is 123 cm³/mol. The number of furan rings is 2. The maximum absolute atomic E-state index is 13.8. The number of hydrogen-bond donors (Lipinski definition) is 0. The van der Waals surface area contributed by atoms with Crippen molar-refractivity contribution >= 4 is 22.9 Å². The van der Waals surface area contributed by atoms with Gasteiger partial charge in [0.2, 0.25) is 0 Å². The molecule has 35 heavy (non-hydrogen) atoms. The summed E-state index contributed by atoms with van der Waals surface area (Å²) in [6.07, 6.45) is 4.66. The van der Waals surface area contributed by atoms with Gasteiger partial charge in [0.1, 0.15) is 11.4 Å². The maximum Gasteiger partial charge on any atom is 0.272 e. The highest BCUT2D eigenvalue weighted by atomic mass is 16.5. The van der Waals surface area contributed by atoms with Gasteiger partial charge in [-0.1, -0.05) is 11.2 Å². The number of nitrogens with zero attached hydrogens (tertiary/aromatic N) is 5. The molecule has 5 aromatic rings. The zero-order valence-corrected chi connectivity index (χ0v) is 18.5. The molecular formula is C25H19N5O5. The topological polar surface area (TPSA) is 119 Å². The number of fused-ring (bicyclic) bond motifs is 1. The molecule has 2 amide bonds. The summed E-state index contributed by atoms with van der Waals surface area (Å²) >= 11 is 0. The Morgan fingerprint density at radius 3 is 2.20 bits per heavy atom. The predicted octanol–water partition coefficient (Wildman–Crippen LogP) is 3.74. The minimum atomic E-state index is -0.217. The van der Waals surface area contributed by atoms with Gasteiger partial charge >= 0.3 is 0 Å². The van der Waals surface area contributed by atoms with Crippen LogP contribution in [0.2, 0.25) is 0 Å². The van der Waals surface area contributed by atoms with Crippen LogP contribution in [0.3, 0.4) is 0 Å². The van der Waals surface area contributed by atoms with Gasteiger partial charge < -0.3 is 23.2 Å². The summed E-state index contributed by atoms with van der Waals surface area (Å²) in [5, 5.41) is 4.59. The highest BCUT2D eigenvalue weighted by Gasteiger charge is 2.30. The number of piperazine rings is 1. The van der Waals surface area contributed by atoms with Gasteiger partial charge in [-0.05, 0) is 42.5 Å². The van der Waals surface area contributed by atoms with Crippen LogP contribution in [-0.2, 0) is 0 Å². The highest BCUT2D eigenvalue weighted by Crippen LogP contribution is 2.33. The van der Waals surface area contributed by atoms with Crippen molar-refractivity contribution in [2.45, 2.75) is 0 Å². The number of rotatable bonds is 4. The quantitative estimate of drug-likeness (QED) is 0.391. The number of carbonyl (C=O) groups is 2. The van der Waals surface area contributed by atoms with Crippen LogP contribution in [0.25, 0.3) is 34.0 Å². The second-order valence-electron chi connectivity index (χ2n) is 8.02. The summed E-state index contributed by atoms with van der Waals surface area (Å²) in [5.74, 6) is 0.605. The van der Waals surface area contributed by atoms with E-state index in [0.29, 0.717) is 65.7 Å². The van der Waals surface area contributed by atoms with Crippen LogP contribution in [0.4, 0.5) is 0 Å². The Morgan fingerprint density at radius 1 is 0.829 bits per heavy atom. The van der Waals surface area contributed by atoms with Crippen LogP contribution in [0.15, 0.2) is 80.6 Å². The summed E-state index contributed by atoms with van der Waals surface area (Å²) in [6.45, 7) is 1.54. The smallest absolute Gasteiger partial charge is 0.272 e. The van der Waals surface area contributed by atoms with E-state index in [-0.39, 0.29) is 17.5 Å². The molecule has 0 unspecified atom stereocenters. The summed E-state index contributed by atoms with van der Waals surface area (Å²) < 4.78 is 16.5. The van der Waals surface area contributed by atoms with Crippen molar-refractivity contribution in [3.63, 3.8) is 0 Å². The molecule has 0 atom stereocenters. The van der Waals surface area contributed by atoms with Crippen molar-refractivity contribution < 1.29 is 22.9 Å². The molecule has 0 saturated carbocycles. The van der Waals surface area contributed by atoms with E-state index >= 15 is 0 Å². The van der Waals surface area contributed by atoms with Crippen LogP contribution >= 0.6 is 0 Å². The molecule has 5 aromatic heterocycles. The fourth-order valence-corrected chi connectivity index (χ4v) is 4.19. The Balaban J connectivity index is 1.33. The van der Waals surface area contributed by atoms with Crippen molar-refractivity contribution in [2.24, 2.45) is 0 Å². The Kier molecular flexibility index (Phi) is 5.10. The highest BCUT2D eigenvalue weighted by molar-refractivity contribution is 6.10. The van der Waals surface area contributed by atoms with Crippen molar-refractivity contribution in [2.75, 3.05) is 26.2 Å². The molecule has 1 aliphatic heterocycles. The first-order valence-corrected chi connectivity index (χ1v) is 11.1. The summed E-state index contributed by atoms with van der Waals surface area (Å²) in [6, 6.07) is 13.9. The largest absolute Gasteiger partial charge is 0.463 e. The monoisotopic (exact) mass is 469 g/mol. The molecule has 6 heterocycles. The van der Waals surface area contributed by atoms with Gasteiger partial charge in [0, 0.05) is 32.4 Å². The lowest BCUT2D eigenvalue weighted by Gasteiger charge is -2.34. The number of aromatic nitrogens is 3. The van der Waals surface area contributed by atoms with Gasteiger partial charge in [0.25, 0.3) is 17.5 Å². The van der Waals surface area contributed by atoms with Crippen LogP contribution in [-0.4, -0.2) is 62.9 Å². The standard InChI is InChI=1S/C25H19N5O5/c31-24(29-9-11-30(12-10-29)25(32)17-5-1-2-8-26-17)16-15-18(19-6-3-13-33-19)27-23-21(16)22(28-35-23)20-7-4-14-34-20/h1-8,13-15H,9-12H2. The SMILES string of the molecule is O=C(c1ccccn1)N1CCN(C(=O)c2cc(-c3ccco3)nc3onc(-c4ccco4)c23)CC1. The van der Waals surface area contributed by atoms with E-state index in [2.05, 4.69) is 15.1 Å². The zero-order valence-electron chi connectivity index (χ0n) is 18.5. The Labute approximate surface area is 198 Å². The van der Waals surface area contributed by atoms with E-state index in [9.17, 15) is 9.59 Å². The van der Waals surface area contributed by atoms with Gasteiger partial charge in [0.05, 0.1) is 23.5 Å². The third kappa shape index (κ3) is 3.74. The van der Waals surface area contributed by atoms with Crippen molar-refractivity contribution in [3.05, 3.63) is 78.5 Å². The lowest BCUT2D eigenvalue weighted by atomic mass is 10.1. The molecule has 10 nitrogen and oxygen atoms in total. The second-order valence-corrected chi connectivity index (χ2v) is 8.02. The molecule has 0 bridgehead atoms. The average Bonchev–Trinajstić information content (AvgIpc) is 3.69. The molecule has 1 saturated heterocycles. The minimum absolute atomic E-state index is 0.150. The maximum atomic E-state index is 13.8. The minimum Gasteiger partial charge on any atom is -0.463 e. The van der Waals surface area contributed by atoms with Gasteiger partial charge in [-0.15, -0.1) is 0 Å². The Hall–Kier alpha value is -4.73. The molecule has 0 N–H and O–H groups in total. The molecule has 0 aromatic carbocycles. The zero-order chi connectivity index (χ0) is 23.8. The van der Waals surface area contributed by atoms with Crippen LogP contribution in [0, 0.1) is 0 Å². The van der Waals surface area contributed by atoms with E-state index < -0.39 is 0 Å². The summed E-state index contributed by atoms with van der Waals surface area (Å²) in [7, 11) is 0. The first-order chi connectivity index (χ1) is 17.2. The molecule has 10 heteroatoms. The van der Waals surface area contributed by atoms with E-state index in [1.165, 1.54) is 12.5 Å². The van der Waals surface area contributed by atoms with Crippen LogP contribution < -0.4 is 0 Å². The number of carbonyl (C=O) groups excluding carboxylic acids is 2. The lowest BCUT2D eigenvalue weighted by molar-refractivity contribution is 0.0533. The fourth-order valence-electron chi connectivity index (χ4n) is 4.19. The van der Waals surface area contributed by atoms with Crippen molar-refractivity contribution in [3.8, 4) is 22.9 Å². The number of amides is 2. The molecule has 0 spiro atoms. The van der Waals surface area contributed by atoms with Crippen LogP contribution in [0.5, 0.6) is 0 Å². The normalized spacial score (nSPS) is 13.9. The van der Waals surface area contributed by atoms with E-state index in [1.54, 1.807) is 64.5 Å². The average molecular weight is 469 g/mol. The van der Waals surface area contributed by atoms with Gasteiger partial charge in [-0.3, -0.25) is 14.6 Å². The van der Waals surface area contributed by atoms with Gasteiger partial charge in [-0.2, -0.15) is 0 Å². The molecule has 174 valence electrons. The molecular weight excluding hydrogens is 450 g/mol. The second kappa shape index (κ2) is 8.56. The molecule has 1 aliphatic rings. The third-order valence-electron chi connectivity index (χ3n) is 5.94. The van der Waals surface area contributed by atoms with Crippen molar-refractivity contribution in [1.29, 1.82) is 0 Å². The summed E-state index contributed by atoms with van der Waals surface area (Å²) in [5.41, 5.74) is 1.82. The molecule has 0 radical (unpaired) electrons. The first kappa shape index (κ1) is 20.8. The fraction of sp³-hybridized carbons (Fsp3) is 0.160. The van der Waals surface area contributed by atoms with Gasteiger partial charge in [0.15, 0.2) is 17.2 Å². The van der Waals surface area contributed by atoms with Crippen molar-refractivity contribution in [1.82, 2.24) is 24.9 Å². The Morgan fingerprint density at radius 2 is 1.54 bits per heavy atom. The summed E-state index contributed by atoms with van der Waals surface area (Å²) in [4.78, 5) is 38.6. The molecule has 1 fully saturated rings. The first-order valence-electron chi connectivity index (χ1n) is 11.1. The van der Waals surface area contributed by atoms with E-state index in [4.69, 9.17) is 13.4 Å². The number of hydrogen-bond acceptors (Lipinski definition) is 8. The van der Waals surface area contributed by atoms with Gasteiger partial charge in [-0.25, -0.2) is 4.98 Å². The Bertz CT molecular complexity index is 1480. The third-order valence-corrected chi connectivity index (χ3v) is 5.94. The van der Waals surface area contributed by atoms with E-state index in [0.717, 1.165) is 0 Å². The molecule has 0 aliphatic carbocycles. The van der Waals surface area contributed by atoms with E-state index in [1.807, 2.05) is 0 Å². The number of pyridine rings is 2. The lowest BCUT2D eigenvalue weighted by Crippen LogP contribution is -2.50.